The van der Waals surface area contributed by atoms with E-state index in [4.69, 9.17) is 9.47 Å². The van der Waals surface area contributed by atoms with Crippen LogP contribution in [0.15, 0.2) is 54.6 Å². The lowest BCUT2D eigenvalue weighted by Crippen LogP contribution is -2.27. The van der Waals surface area contributed by atoms with Gasteiger partial charge in [0, 0.05) is 11.1 Å². The predicted octanol–water partition coefficient (Wildman–Crippen LogP) is 3.64. The topological polar surface area (TPSA) is 52.6 Å². The fourth-order valence-electron chi connectivity index (χ4n) is 2.00. The highest BCUT2D eigenvalue weighted by atomic mass is 16.6. The fourth-order valence-corrected chi connectivity index (χ4v) is 2.00. The van der Waals surface area contributed by atoms with Crippen molar-refractivity contribution in [2.45, 2.75) is 26.4 Å². The fraction of sp³-hybridized carbons (Fsp3) is 0.263. The van der Waals surface area contributed by atoms with Gasteiger partial charge in [-0.3, -0.25) is 4.79 Å². The molecule has 0 amide bonds. The minimum atomic E-state index is -0.550. The largest absolute Gasteiger partial charge is 0.482 e. The molecular formula is C19H20O4. The SMILES string of the molecule is CC(C)(C)OC(=O)COc1cccc(C(=O)c2ccccc2)c1. The summed E-state index contributed by atoms with van der Waals surface area (Å²) in [6, 6.07) is 15.8. The first-order valence-corrected chi connectivity index (χ1v) is 7.39. The Morgan fingerprint density at radius 3 is 2.22 bits per heavy atom. The number of benzene rings is 2. The molecule has 0 unspecified atom stereocenters. The van der Waals surface area contributed by atoms with Gasteiger partial charge in [-0.1, -0.05) is 42.5 Å². The Bertz CT molecular complexity index is 684. The van der Waals surface area contributed by atoms with Crippen LogP contribution in [0.4, 0.5) is 0 Å². The van der Waals surface area contributed by atoms with E-state index in [1.165, 1.54) is 0 Å². The third-order valence-corrected chi connectivity index (χ3v) is 2.91. The highest BCUT2D eigenvalue weighted by molar-refractivity contribution is 6.09. The number of carbonyl (C=O) groups excluding carboxylic acids is 2. The molecule has 0 saturated heterocycles. The standard InChI is InChI=1S/C19H20O4/c1-19(2,3)23-17(20)13-22-16-11-7-10-15(12-16)18(21)14-8-5-4-6-9-14/h4-12H,13H2,1-3H3. The van der Waals surface area contributed by atoms with E-state index in [0.29, 0.717) is 16.9 Å². The number of ether oxygens (including phenoxy) is 2. The van der Waals surface area contributed by atoms with Crippen LogP contribution in [0, 0.1) is 0 Å². The minimum absolute atomic E-state index is 0.0895. The van der Waals surface area contributed by atoms with Crippen LogP contribution in [-0.2, 0) is 9.53 Å². The highest BCUT2D eigenvalue weighted by Gasteiger charge is 2.17. The maximum Gasteiger partial charge on any atom is 0.344 e. The molecule has 23 heavy (non-hydrogen) atoms. The van der Waals surface area contributed by atoms with Crippen LogP contribution in [0.5, 0.6) is 5.75 Å². The van der Waals surface area contributed by atoms with Crippen LogP contribution in [0.3, 0.4) is 0 Å². The Hall–Kier alpha value is -2.62. The Morgan fingerprint density at radius 1 is 0.913 bits per heavy atom. The van der Waals surface area contributed by atoms with Gasteiger partial charge in [-0.05, 0) is 32.9 Å². The van der Waals surface area contributed by atoms with Gasteiger partial charge in [0.05, 0.1) is 0 Å². The molecule has 0 aromatic heterocycles. The second-order valence-electron chi connectivity index (χ2n) is 6.10. The quantitative estimate of drug-likeness (QED) is 0.625. The van der Waals surface area contributed by atoms with Gasteiger partial charge < -0.3 is 9.47 Å². The lowest BCUT2D eigenvalue weighted by atomic mass is 10.0. The number of hydrogen-bond donors (Lipinski definition) is 0. The molecule has 0 aliphatic rings. The Kier molecular flexibility index (Phi) is 5.16. The lowest BCUT2D eigenvalue weighted by Gasteiger charge is -2.19. The molecule has 0 heterocycles. The maximum absolute atomic E-state index is 12.4. The van der Waals surface area contributed by atoms with Crippen LogP contribution in [0.2, 0.25) is 0 Å². The van der Waals surface area contributed by atoms with Crippen LogP contribution in [-0.4, -0.2) is 24.0 Å². The Labute approximate surface area is 136 Å². The Morgan fingerprint density at radius 2 is 1.57 bits per heavy atom. The van der Waals surface area contributed by atoms with Gasteiger partial charge in [-0.2, -0.15) is 0 Å². The van der Waals surface area contributed by atoms with E-state index in [1.807, 2.05) is 18.2 Å². The molecule has 0 aliphatic carbocycles. The zero-order chi connectivity index (χ0) is 16.9. The van der Waals surface area contributed by atoms with Crippen molar-refractivity contribution in [1.82, 2.24) is 0 Å². The van der Waals surface area contributed by atoms with Crippen LogP contribution in [0.25, 0.3) is 0 Å². The van der Waals surface area contributed by atoms with Crippen molar-refractivity contribution in [1.29, 1.82) is 0 Å². The highest BCUT2D eigenvalue weighted by Crippen LogP contribution is 2.17. The van der Waals surface area contributed by atoms with Crippen molar-refractivity contribution in [2.75, 3.05) is 6.61 Å². The van der Waals surface area contributed by atoms with E-state index in [0.717, 1.165) is 0 Å². The molecule has 0 fully saturated rings. The Balaban J connectivity index is 2.03. The van der Waals surface area contributed by atoms with Crippen LogP contribution >= 0.6 is 0 Å². The van der Waals surface area contributed by atoms with Gasteiger partial charge in [-0.15, -0.1) is 0 Å². The average Bonchev–Trinajstić information content (AvgIpc) is 2.52. The third kappa shape index (κ3) is 5.25. The molecule has 0 spiro atoms. The molecule has 0 saturated carbocycles. The molecule has 0 aliphatic heterocycles. The number of hydrogen-bond acceptors (Lipinski definition) is 4. The van der Waals surface area contributed by atoms with Gasteiger partial charge in [0.2, 0.25) is 0 Å². The summed E-state index contributed by atoms with van der Waals surface area (Å²) in [6.07, 6.45) is 0. The van der Waals surface area contributed by atoms with Gasteiger partial charge in [0.15, 0.2) is 12.4 Å². The minimum Gasteiger partial charge on any atom is -0.482 e. The number of rotatable bonds is 5. The summed E-state index contributed by atoms with van der Waals surface area (Å²) in [5.74, 6) is -0.0803. The van der Waals surface area contributed by atoms with E-state index in [1.54, 1.807) is 57.2 Å². The summed E-state index contributed by atoms with van der Waals surface area (Å²) in [5.41, 5.74) is 0.570. The molecule has 0 radical (unpaired) electrons. The van der Waals surface area contributed by atoms with Crippen LogP contribution in [0.1, 0.15) is 36.7 Å². The van der Waals surface area contributed by atoms with E-state index in [-0.39, 0.29) is 12.4 Å². The van der Waals surface area contributed by atoms with Crippen LogP contribution < -0.4 is 4.74 Å². The first-order chi connectivity index (χ1) is 10.8. The van der Waals surface area contributed by atoms with E-state index >= 15 is 0 Å². The normalized spacial score (nSPS) is 10.9. The van der Waals surface area contributed by atoms with Crippen molar-refractivity contribution in [2.24, 2.45) is 0 Å². The summed E-state index contributed by atoms with van der Waals surface area (Å²) in [6.45, 7) is 5.19. The summed E-state index contributed by atoms with van der Waals surface area (Å²) >= 11 is 0. The van der Waals surface area contributed by atoms with E-state index in [2.05, 4.69) is 0 Å². The molecule has 2 rings (SSSR count). The summed E-state index contributed by atoms with van der Waals surface area (Å²) in [4.78, 5) is 24.0. The second kappa shape index (κ2) is 7.09. The van der Waals surface area contributed by atoms with Crippen molar-refractivity contribution in [3.8, 4) is 5.75 Å². The van der Waals surface area contributed by atoms with Crippen molar-refractivity contribution >= 4 is 11.8 Å². The maximum atomic E-state index is 12.4. The van der Waals surface area contributed by atoms with Gasteiger partial charge in [0.25, 0.3) is 0 Å². The van der Waals surface area contributed by atoms with Crippen molar-refractivity contribution < 1.29 is 19.1 Å². The molecule has 120 valence electrons. The first-order valence-electron chi connectivity index (χ1n) is 7.39. The second-order valence-corrected chi connectivity index (χ2v) is 6.10. The number of esters is 1. The van der Waals surface area contributed by atoms with Crippen molar-refractivity contribution in [3.05, 3.63) is 65.7 Å². The van der Waals surface area contributed by atoms with Gasteiger partial charge in [-0.25, -0.2) is 4.79 Å². The lowest BCUT2D eigenvalue weighted by molar-refractivity contribution is -0.157. The van der Waals surface area contributed by atoms with E-state index < -0.39 is 11.6 Å². The first kappa shape index (κ1) is 16.7. The predicted molar refractivity (Wildman–Crippen MR) is 87.7 cm³/mol. The molecule has 0 atom stereocenters. The molecule has 4 nitrogen and oxygen atoms in total. The number of ketones is 1. The zero-order valence-corrected chi connectivity index (χ0v) is 13.5. The monoisotopic (exact) mass is 312 g/mol. The summed E-state index contributed by atoms with van der Waals surface area (Å²) in [7, 11) is 0. The molecule has 2 aromatic rings. The molecule has 4 heteroatoms. The molecule has 2 aromatic carbocycles. The zero-order valence-electron chi connectivity index (χ0n) is 13.5. The summed E-state index contributed by atoms with van der Waals surface area (Å²) in [5, 5.41) is 0. The molecule has 0 N–H and O–H groups in total. The van der Waals surface area contributed by atoms with Gasteiger partial charge in [0.1, 0.15) is 11.4 Å². The average molecular weight is 312 g/mol. The van der Waals surface area contributed by atoms with Gasteiger partial charge >= 0.3 is 5.97 Å². The van der Waals surface area contributed by atoms with Crippen molar-refractivity contribution in [3.63, 3.8) is 0 Å². The number of carbonyl (C=O) groups is 2. The molecular weight excluding hydrogens is 292 g/mol. The van der Waals surface area contributed by atoms with E-state index in [9.17, 15) is 9.59 Å². The molecule has 0 bridgehead atoms. The smallest absolute Gasteiger partial charge is 0.344 e. The third-order valence-electron chi connectivity index (χ3n) is 2.91. The summed E-state index contributed by atoms with van der Waals surface area (Å²) < 4.78 is 10.6.